The first-order valence-corrected chi connectivity index (χ1v) is 17.4. The van der Waals surface area contributed by atoms with E-state index in [2.05, 4.69) is 11.6 Å². The quantitative estimate of drug-likeness (QED) is 0.174. The Morgan fingerprint density at radius 2 is 1.39 bits per heavy atom. The standard InChI is InChI=1S/C33H29ClN4O4S2/c1-3-4-7-23-12-16-25(17-13-23)38-32-30(35-28-8-5-6-9-29(28)36-32)31(43(39,40)26-18-10-22(2)11-19-26)33(38)37-44(41,42)27-20-14-24(34)15-21-27/h5-6,8-21,37H,3-4,7H2,1-2H3. The molecule has 1 N–H and O–H groups in total. The molecule has 0 radical (unpaired) electrons. The van der Waals surface area contributed by atoms with Crippen molar-refractivity contribution in [2.24, 2.45) is 0 Å². The van der Waals surface area contributed by atoms with Crippen molar-refractivity contribution in [3.8, 4) is 5.69 Å². The fraction of sp³-hybridized carbons (Fsp3) is 0.152. The summed E-state index contributed by atoms with van der Waals surface area (Å²) >= 11 is 6.03. The fourth-order valence-electron chi connectivity index (χ4n) is 5.04. The van der Waals surface area contributed by atoms with E-state index in [0.717, 1.165) is 30.4 Å². The van der Waals surface area contributed by atoms with Gasteiger partial charge < -0.3 is 0 Å². The van der Waals surface area contributed by atoms with E-state index in [1.54, 1.807) is 30.3 Å². The number of halogens is 1. The van der Waals surface area contributed by atoms with Gasteiger partial charge in [-0.05, 0) is 86.0 Å². The molecular formula is C33H29ClN4O4S2. The van der Waals surface area contributed by atoms with Crippen LogP contribution < -0.4 is 4.72 Å². The summed E-state index contributed by atoms with van der Waals surface area (Å²) in [6, 6.07) is 26.7. The van der Waals surface area contributed by atoms with Crippen LogP contribution in [0, 0.1) is 6.92 Å². The summed E-state index contributed by atoms with van der Waals surface area (Å²) in [7, 11) is -8.62. The van der Waals surface area contributed by atoms with Crippen LogP contribution in [0.3, 0.4) is 0 Å². The van der Waals surface area contributed by atoms with Gasteiger partial charge in [-0.1, -0.05) is 66.9 Å². The molecule has 224 valence electrons. The Morgan fingerprint density at radius 3 is 2.02 bits per heavy atom. The lowest BCUT2D eigenvalue weighted by Gasteiger charge is -2.15. The molecule has 0 aliphatic rings. The molecule has 2 aromatic heterocycles. The molecule has 44 heavy (non-hydrogen) atoms. The maximum absolute atomic E-state index is 14.5. The number of hydrogen-bond acceptors (Lipinski definition) is 6. The highest BCUT2D eigenvalue weighted by molar-refractivity contribution is 7.93. The highest BCUT2D eigenvalue weighted by Gasteiger charge is 2.34. The molecule has 8 nitrogen and oxygen atoms in total. The van der Waals surface area contributed by atoms with Gasteiger partial charge in [-0.25, -0.2) is 26.8 Å². The molecule has 0 saturated heterocycles. The maximum atomic E-state index is 14.5. The number of nitrogens with one attached hydrogen (secondary N) is 1. The molecule has 6 aromatic rings. The molecule has 0 aliphatic carbocycles. The molecule has 2 heterocycles. The normalized spacial score (nSPS) is 12.2. The number of aromatic nitrogens is 3. The zero-order valence-electron chi connectivity index (χ0n) is 24.0. The van der Waals surface area contributed by atoms with Crippen LogP contribution >= 0.6 is 11.6 Å². The summed E-state index contributed by atoms with van der Waals surface area (Å²) < 4.78 is 60.7. The van der Waals surface area contributed by atoms with Gasteiger partial charge in [0.25, 0.3) is 10.0 Å². The van der Waals surface area contributed by atoms with E-state index in [0.29, 0.717) is 21.7 Å². The lowest BCUT2D eigenvalue weighted by atomic mass is 10.1. The van der Waals surface area contributed by atoms with E-state index >= 15 is 0 Å². The SMILES string of the molecule is CCCCc1ccc(-n2c(NS(=O)(=O)c3ccc(Cl)cc3)c(S(=O)(=O)c3ccc(C)cc3)c3nc4ccccc4nc32)cc1. The van der Waals surface area contributed by atoms with Crippen molar-refractivity contribution < 1.29 is 16.8 Å². The van der Waals surface area contributed by atoms with E-state index in [1.165, 1.54) is 41.0 Å². The summed E-state index contributed by atoms with van der Waals surface area (Å²) in [6.45, 7) is 3.98. The molecule has 0 unspecified atom stereocenters. The number of aryl methyl sites for hydroxylation is 2. The van der Waals surface area contributed by atoms with Crippen molar-refractivity contribution in [2.75, 3.05) is 4.72 Å². The second kappa shape index (κ2) is 11.7. The van der Waals surface area contributed by atoms with Crippen molar-refractivity contribution in [1.29, 1.82) is 0 Å². The van der Waals surface area contributed by atoms with Gasteiger partial charge in [0, 0.05) is 10.7 Å². The maximum Gasteiger partial charge on any atom is 0.263 e. The molecule has 11 heteroatoms. The summed E-state index contributed by atoms with van der Waals surface area (Å²) in [5, 5.41) is 0.365. The third-order valence-electron chi connectivity index (χ3n) is 7.39. The lowest BCUT2D eigenvalue weighted by molar-refractivity contribution is 0.597. The zero-order valence-corrected chi connectivity index (χ0v) is 26.4. The molecule has 0 aliphatic heterocycles. The largest absolute Gasteiger partial charge is 0.277 e. The minimum atomic E-state index is -4.32. The molecule has 0 spiro atoms. The number of para-hydroxylation sites is 2. The molecule has 0 fully saturated rings. The van der Waals surface area contributed by atoms with Gasteiger partial charge in [-0.15, -0.1) is 0 Å². The van der Waals surface area contributed by atoms with Gasteiger partial charge in [0.2, 0.25) is 9.84 Å². The van der Waals surface area contributed by atoms with Crippen molar-refractivity contribution >= 4 is 59.5 Å². The number of anilines is 1. The monoisotopic (exact) mass is 644 g/mol. The molecule has 0 amide bonds. The third kappa shape index (κ3) is 5.56. The van der Waals surface area contributed by atoms with Gasteiger partial charge >= 0.3 is 0 Å². The Kier molecular flexibility index (Phi) is 7.91. The van der Waals surface area contributed by atoms with E-state index in [4.69, 9.17) is 21.6 Å². The van der Waals surface area contributed by atoms with Crippen LogP contribution in [0.1, 0.15) is 30.9 Å². The van der Waals surface area contributed by atoms with Crippen molar-refractivity contribution in [2.45, 2.75) is 47.8 Å². The third-order valence-corrected chi connectivity index (χ3v) is 10.8. The minimum absolute atomic E-state index is 0.000960. The van der Waals surface area contributed by atoms with Gasteiger partial charge in [0.1, 0.15) is 16.2 Å². The van der Waals surface area contributed by atoms with Crippen molar-refractivity contribution in [3.63, 3.8) is 0 Å². The number of unbranched alkanes of at least 4 members (excludes halogenated alkanes) is 1. The van der Waals surface area contributed by atoms with Crippen LogP contribution in [0.2, 0.25) is 5.02 Å². The van der Waals surface area contributed by atoms with E-state index in [1.807, 2.05) is 37.3 Å². The van der Waals surface area contributed by atoms with Crippen LogP contribution in [-0.2, 0) is 26.3 Å². The second-order valence-electron chi connectivity index (χ2n) is 10.5. The molecule has 6 rings (SSSR count). The number of rotatable bonds is 9. The number of nitrogens with zero attached hydrogens (tertiary/aromatic N) is 3. The number of hydrogen-bond donors (Lipinski definition) is 1. The van der Waals surface area contributed by atoms with Gasteiger partial charge in [0.15, 0.2) is 5.65 Å². The van der Waals surface area contributed by atoms with Crippen LogP contribution in [0.5, 0.6) is 0 Å². The first-order valence-electron chi connectivity index (χ1n) is 14.1. The minimum Gasteiger partial charge on any atom is -0.277 e. The lowest BCUT2D eigenvalue weighted by Crippen LogP contribution is -2.18. The molecule has 4 aromatic carbocycles. The summed E-state index contributed by atoms with van der Waals surface area (Å²) in [6.07, 6.45) is 2.95. The molecule has 0 saturated carbocycles. The highest BCUT2D eigenvalue weighted by atomic mass is 35.5. The summed E-state index contributed by atoms with van der Waals surface area (Å²) in [5.41, 5.74) is 3.77. The Balaban J connectivity index is 1.69. The summed E-state index contributed by atoms with van der Waals surface area (Å²) in [5.74, 6) is -0.188. The number of benzene rings is 4. The Labute approximate surface area is 261 Å². The predicted octanol–water partition coefficient (Wildman–Crippen LogP) is 7.51. The van der Waals surface area contributed by atoms with Gasteiger partial charge in [-0.2, -0.15) is 0 Å². The van der Waals surface area contributed by atoms with E-state index in [-0.39, 0.29) is 31.7 Å². The Hall–Kier alpha value is -4.25. The molecule has 0 atom stereocenters. The topological polar surface area (TPSA) is 111 Å². The highest BCUT2D eigenvalue weighted by Crippen LogP contribution is 2.40. The average Bonchev–Trinajstić information content (AvgIpc) is 3.31. The van der Waals surface area contributed by atoms with Crippen LogP contribution in [0.15, 0.2) is 112 Å². The zero-order chi connectivity index (χ0) is 31.1. The van der Waals surface area contributed by atoms with Crippen LogP contribution in [-0.4, -0.2) is 31.4 Å². The van der Waals surface area contributed by atoms with Crippen LogP contribution in [0.25, 0.3) is 27.9 Å². The van der Waals surface area contributed by atoms with Crippen molar-refractivity contribution in [3.05, 3.63) is 113 Å². The second-order valence-corrected chi connectivity index (χ2v) is 14.5. The smallest absolute Gasteiger partial charge is 0.263 e. The van der Waals surface area contributed by atoms with E-state index < -0.39 is 19.9 Å². The number of fused-ring (bicyclic) bond motifs is 2. The molecular weight excluding hydrogens is 616 g/mol. The predicted molar refractivity (Wildman–Crippen MR) is 174 cm³/mol. The fourth-order valence-corrected chi connectivity index (χ4v) is 7.81. The Bertz CT molecular complexity index is 2210. The first kappa shape index (κ1) is 29.8. The Morgan fingerprint density at radius 1 is 0.773 bits per heavy atom. The van der Waals surface area contributed by atoms with Gasteiger partial charge in [0.05, 0.1) is 20.8 Å². The average molecular weight is 645 g/mol. The number of sulfone groups is 1. The summed E-state index contributed by atoms with van der Waals surface area (Å²) in [4.78, 5) is 9.20. The van der Waals surface area contributed by atoms with Crippen LogP contribution in [0.4, 0.5) is 5.82 Å². The van der Waals surface area contributed by atoms with E-state index in [9.17, 15) is 16.8 Å². The number of sulfonamides is 1. The van der Waals surface area contributed by atoms with Gasteiger partial charge in [-0.3, -0.25) is 9.29 Å². The van der Waals surface area contributed by atoms with Crippen molar-refractivity contribution in [1.82, 2.24) is 14.5 Å². The molecule has 0 bridgehead atoms. The first-order chi connectivity index (χ1) is 21.1.